The first-order chi connectivity index (χ1) is 16.6. The SMILES string of the molecule is O=C(NCc1cccc(-c2cccc(C(F)(F)F)c2)c1)C1CCCN1S(=O)(=O)c1ccc(F)cc1. The van der Waals surface area contributed by atoms with E-state index in [-0.39, 0.29) is 18.0 Å². The van der Waals surface area contributed by atoms with Crippen LogP contribution in [0.3, 0.4) is 0 Å². The number of alkyl halides is 3. The Bertz CT molecular complexity index is 1330. The lowest BCUT2D eigenvalue weighted by atomic mass is 10.0. The van der Waals surface area contributed by atoms with E-state index in [0.29, 0.717) is 29.5 Å². The van der Waals surface area contributed by atoms with Crippen LogP contribution in [0.25, 0.3) is 11.1 Å². The van der Waals surface area contributed by atoms with Crippen molar-refractivity contribution in [3.8, 4) is 11.1 Å². The first-order valence-electron chi connectivity index (χ1n) is 10.9. The first-order valence-corrected chi connectivity index (χ1v) is 12.3. The third kappa shape index (κ3) is 5.54. The number of hydrogen-bond donors (Lipinski definition) is 1. The summed E-state index contributed by atoms with van der Waals surface area (Å²) in [5.74, 6) is -1.04. The van der Waals surface area contributed by atoms with Crippen LogP contribution in [0.4, 0.5) is 17.6 Å². The molecule has 5 nitrogen and oxygen atoms in total. The molecule has 0 radical (unpaired) electrons. The molecule has 1 fully saturated rings. The van der Waals surface area contributed by atoms with Crippen molar-refractivity contribution in [3.05, 3.63) is 89.7 Å². The highest BCUT2D eigenvalue weighted by molar-refractivity contribution is 7.89. The number of hydrogen-bond acceptors (Lipinski definition) is 3. The fourth-order valence-electron chi connectivity index (χ4n) is 4.07. The molecule has 1 aliphatic rings. The van der Waals surface area contributed by atoms with Crippen LogP contribution in [0.1, 0.15) is 24.0 Å². The number of amides is 1. The average molecular weight is 507 g/mol. The predicted molar refractivity (Wildman–Crippen MR) is 122 cm³/mol. The highest BCUT2D eigenvalue weighted by Gasteiger charge is 2.39. The molecule has 3 aromatic rings. The van der Waals surface area contributed by atoms with E-state index in [2.05, 4.69) is 5.32 Å². The van der Waals surface area contributed by atoms with Gasteiger partial charge in [-0.15, -0.1) is 0 Å². The minimum absolute atomic E-state index is 0.0760. The summed E-state index contributed by atoms with van der Waals surface area (Å²) in [6, 6.07) is 15.3. The number of sulfonamides is 1. The van der Waals surface area contributed by atoms with Crippen molar-refractivity contribution in [1.82, 2.24) is 9.62 Å². The fourth-order valence-corrected chi connectivity index (χ4v) is 5.73. The Hall–Kier alpha value is -3.24. The number of carbonyl (C=O) groups excluding carboxylic acids is 1. The van der Waals surface area contributed by atoms with Gasteiger partial charge >= 0.3 is 6.18 Å². The number of nitrogens with zero attached hydrogens (tertiary/aromatic N) is 1. The van der Waals surface area contributed by atoms with Crippen LogP contribution < -0.4 is 5.32 Å². The third-order valence-electron chi connectivity index (χ3n) is 5.84. The molecule has 0 aliphatic carbocycles. The quantitative estimate of drug-likeness (QED) is 0.480. The van der Waals surface area contributed by atoms with E-state index in [4.69, 9.17) is 0 Å². The molecule has 0 saturated carbocycles. The normalized spacial score (nSPS) is 16.9. The van der Waals surface area contributed by atoms with E-state index in [9.17, 15) is 30.8 Å². The van der Waals surface area contributed by atoms with Crippen LogP contribution in [0.15, 0.2) is 77.7 Å². The van der Waals surface area contributed by atoms with E-state index < -0.39 is 39.5 Å². The third-order valence-corrected chi connectivity index (χ3v) is 7.77. The summed E-state index contributed by atoms with van der Waals surface area (Å²) in [4.78, 5) is 12.8. The molecule has 0 bridgehead atoms. The zero-order chi connectivity index (χ0) is 25.2. The van der Waals surface area contributed by atoms with Crippen molar-refractivity contribution in [2.24, 2.45) is 0 Å². The van der Waals surface area contributed by atoms with E-state index in [1.165, 1.54) is 6.07 Å². The Labute approximate surface area is 200 Å². The second-order valence-corrected chi connectivity index (χ2v) is 10.1. The zero-order valence-electron chi connectivity index (χ0n) is 18.4. The summed E-state index contributed by atoms with van der Waals surface area (Å²) in [6.07, 6.45) is -3.61. The zero-order valence-corrected chi connectivity index (χ0v) is 19.2. The molecule has 1 aliphatic heterocycles. The van der Waals surface area contributed by atoms with Crippen molar-refractivity contribution in [3.63, 3.8) is 0 Å². The maximum atomic E-state index is 13.2. The minimum Gasteiger partial charge on any atom is -0.351 e. The lowest BCUT2D eigenvalue weighted by Gasteiger charge is -2.23. The van der Waals surface area contributed by atoms with Crippen molar-refractivity contribution in [1.29, 1.82) is 0 Å². The molecule has 1 heterocycles. The lowest BCUT2D eigenvalue weighted by Crippen LogP contribution is -2.45. The molecular weight excluding hydrogens is 484 g/mol. The van der Waals surface area contributed by atoms with Gasteiger partial charge in [-0.25, -0.2) is 12.8 Å². The summed E-state index contributed by atoms with van der Waals surface area (Å²) in [7, 11) is -3.98. The van der Waals surface area contributed by atoms with Gasteiger partial charge < -0.3 is 5.32 Å². The Morgan fingerprint density at radius 1 is 0.971 bits per heavy atom. The molecule has 4 rings (SSSR count). The molecule has 1 saturated heterocycles. The van der Waals surface area contributed by atoms with Gasteiger partial charge in [-0.1, -0.05) is 30.3 Å². The molecule has 10 heteroatoms. The molecule has 3 aromatic carbocycles. The molecule has 1 unspecified atom stereocenters. The summed E-state index contributed by atoms with van der Waals surface area (Å²) >= 11 is 0. The van der Waals surface area contributed by atoms with Gasteiger partial charge in [0.2, 0.25) is 15.9 Å². The minimum atomic E-state index is -4.46. The van der Waals surface area contributed by atoms with Gasteiger partial charge in [-0.3, -0.25) is 4.79 Å². The number of carbonyl (C=O) groups is 1. The van der Waals surface area contributed by atoms with E-state index in [1.54, 1.807) is 30.3 Å². The summed E-state index contributed by atoms with van der Waals surface area (Å²) in [5.41, 5.74) is 0.848. The molecule has 1 atom stereocenters. The second kappa shape index (κ2) is 9.79. The van der Waals surface area contributed by atoms with Crippen molar-refractivity contribution in [2.45, 2.75) is 36.5 Å². The largest absolute Gasteiger partial charge is 0.416 e. The van der Waals surface area contributed by atoms with Crippen molar-refractivity contribution < 1.29 is 30.8 Å². The molecule has 35 heavy (non-hydrogen) atoms. The maximum Gasteiger partial charge on any atom is 0.416 e. The Morgan fingerprint density at radius 2 is 1.63 bits per heavy atom. The second-order valence-electron chi connectivity index (χ2n) is 8.22. The van der Waals surface area contributed by atoms with Crippen LogP contribution in [0.5, 0.6) is 0 Å². The molecule has 1 amide bonds. The van der Waals surface area contributed by atoms with Gasteiger partial charge in [0.15, 0.2) is 0 Å². The highest BCUT2D eigenvalue weighted by atomic mass is 32.2. The number of halogens is 4. The van der Waals surface area contributed by atoms with E-state index in [1.807, 2.05) is 0 Å². The predicted octanol–water partition coefficient (Wildman–Crippen LogP) is 4.98. The summed E-state index contributed by atoms with van der Waals surface area (Å²) in [6.45, 7) is 0.245. The topological polar surface area (TPSA) is 66.5 Å². The number of nitrogens with one attached hydrogen (secondary N) is 1. The van der Waals surface area contributed by atoms with Crippen LogP contribution in [0.2, 0.25) is 0 Å². The van der Waals surface area contributed by atoms with Gasteiger partial charge in [0.1, 0.15) is 11.9 Å². The van der Waals surface area contributed by atoms with Crippen LogP contribution in [-0.4, -0.2) is 31.2 Å². The highest BCUT2D eigenvalue weighted by Crippen LogP contribution is 2.32. The summed E-state index contributed by atoms with van der Waals surface area (Å²) < 4.78 is 79.4. The smallest absolute Gasteiger partial charge is 0.351 e. The van der Waals surface area contributed by atoms with Crippen LogP contribution in [-0.2, 0) is 27.5 Å². The van der Waals surface area contributed by atoms with Crippen molar-refractivity contribution >= 4 is 15.9 Å². The Kier molecular flexibility index (Phi) is 6.95. The van der Waals surface area contributed by atoms with Crippen molar-refractivity contribution in [2.75, 3.05) is 6.54 Å². The van der Waals surface area contributed by atoms with Gasteiger partial charge in [0.25, 0.3) is 0 Å². The molecule has 1 N–H and O–H groups in total. The summed E-state index contributed by atoms with van der Waals surface area (Å²) in [5, 5.41) is 2.73. The van der Waals surface area contributed by atoms with Gasteiger partial charge in [0.05, 0.1) is 10.5 Å². The molecule has 0 spiro atoms. The van der Waals surface area contributed by atoms with Gasteiger partial charge in [0, 0.05) is 13.1 Å². The maximum absolute atomic E-state index is 13.2. The van der Waals surface area contributed by atoms with E-state index >= 15 is 0 Å². The molecular formula is C25H22F4N2O3S. The number of benzene rings is 3. The first kappa shape index (κ1) is 24.9. The fraction of sp³-hybridized carbons (Fsp3) is 0.240. The van der Waals surface area contributed by atoms with Crippen LogP contribution in [0, 0.1) is 5.82 Å². The molecule has 0 aromatic heterocycles. The van der Waals surface area contributed by atoms with Crippen LogP contribution >= 0.6 is 0 Å². The Balaban J connectivity index is 1.46. The van der Waals surface area contributed by atoms with Gasteiger partial charge in [-0.2, -0.15) is 17.5 Å². The average Bonchev–Trinajstić information content (AvgIpc) is 3.34. The standard InChI is InChI=1S/C25H22F4N2O3S/c26-21-9-11-22(12-10-21)35(33,34)31-13-3-8-23(31)24(32)30-16-17-4-1-5-18(14-17)19-6-2-7-20(15-19)25(27,28)29/h1-2,4-7,9-12,14-15,23H,3,8,13,16H2,(H,30,32). The monoisotopic (exact) mass is 506 g/mol. The molecule has 184 valence electrons. The Morgan fingerprint density at radius 3 is 2.31 bits per heavy atom. The number of rotatable bonds is 6. The van der Waals surface area contributed by atoms with E-state index in [0.717, 1.165) is 40.7 Å². The lowest BCUT2D eigenvalue weighted by molar-refractivity contribution is -0.137. The van der Waals surface area contributed by atoms with Gasteiger partial charge in [-0.05, 0) is 72.0 Å².